The Bertz CT molecular complexity index is 748. The zero-order valence-electron chi connectivity index (χ0n) is 10.4. The van der Waals surface area contributed by atoms with Crippen molar-refractivity contribution in [1.82, 2.24) is 4.98 Å². The van der Waals surface area contributed by atoms with Gasteiger partial charge in [-0.05, 0) is 36.8 Å². The molecule has 0 radical (unpaired) electrons. The minimum Gasteiger partial charge on any atom is -0.398 e. The third-order valence-electron chi connectivity index (χ3n) is 2.62. The summed E-state index contributed by atoms with van der Waals surface area (Å²) in [5.41, 5.74) is 6.65. The summed E-state index contributed by atoms with van der Waals surface area (Å²) < 4.78 is 27.7. The van der Waals surface area contributed by atoms with E-state index in [0.717, 1.165) is 0 Å². The quantitative estimate of drug-likeness (QED) is 0.806. The highest BCUT2D eigenvalue weighted by atomic mass is 79.9. The monoisotopic (exact) mass is 375 g/mol. The maximum Gasteiger partial charge on any atom is 0.263 e. The number of benzene rings is 1. The molecule has 20 heavy (non-hydrogen) atoms. The number of rotatable bonds is 3. The van der Waals surface area contributed by atoms with Crippen molar-refractivity contribution < 1.29 is 8.42 Å². The van der Waals surface area contributed by atoms with Gasteiger partial charge in [0.1, 0.15) is 5.82 Å². The van der Waals surface area contributed by atoms with Crippen LogP contribution in [0, 0.1) is 6.92 Å². The predicted octanol–water partition coefficient (Wildman–Crippen LogP) is 3.19. The van der Waals surface area contributed by atoms with E-state index >= 15 is 0 Å². The Kier molecular flexibility index (Phi) is 4.22. The van der Waals surface area contributed by atoms with Gasteiger partial charge in [0.15, 0.2) is 0 Å². The molecular formula is C12H11BrClN3O2S. The minimum absolute atomic E-state index is 0.0983. The zero-order chi connectivity index (χ0) is 14.9. The van der Waals surface area contributed by atoms with Gasteiger partial charge >= 0.3 is 0 Å². The number of nitrogens with one attached hydrogen (secondary N) is 1. The lowest BCUT2D eigenvalue weighted by Gasteiger charge is -2.12. The molecule has 0 saturated carbocycles. The van der Waals surface area contributed by atoms with Gasteiger partial charge in [0.25, 0.3) is 10.0 Å². The smallest absolute Gasteiger partial charge is 0.263 e. The Hall–Kier alpha value is -1.31. The van der Waals surface area contributed by atoms with E-state index in [4.69, 9.17) is 17.3 Å². The molecule has 0 saturated heterocycles. The summed E-state index contributed by atoms with van der Waals surface area (Å²) in [5.74, 6) is 0.187. The number of aromatic nitrogens is 1. The molecule has 1 heterocycles. The van der Waals surface area contributed by atoms with Crippen molar-refractivity contribution in [3.05, 3.63) is 45.5 Å². The van der Waals surface area contributed by atoms with Crippen LogP contribution in [0.15, 0.2) is 39.8 Å². The summed E-state index contributed by atoms with van der Waals surface area (Å²) in [6.07, 6.45) is 1.36. The van der Waals surface area contributed by atoms with Crippen LogP contribution in [0.3, 0.4) is 0 Å². The van der Waals surface area contributed by atoms with E-state index in [1.165, 1.54) is 18.3 Å². The molecular weight excluding hydrogens is 366 g/mol. The number of nitrogens with two attached hydrogens (primary N) is 1. The second-order valence-corrected chi connectivity index (χ2v) is 7.09. The van der Waals surface area contributed by atoms with Crippen molar-refractivity contribution in [3.63, 3.8) is 0 Å². The molecule has 3 N–H and O–H groups in total. The van der Waals surface area contributed by atoms with E-state index < -0.39 is 10.0 Å². The van der Waals surface area contributed by atoms with E-state index in [1.54, 1.807) is 19.1 Å². The van der Waals surface area contributed by atoms with Gasteiger partial charge in [-0.15, -0.1) is 0 Å². The third kappa shape index (κ3) is 3.23. The maximum atomic E-state index is 12.4. The summed E-state index contributed by atoms with van der Waals surface area (Å²) in [6.45, 7) is 1.64. The van der Waals surface area contributed by atoms with Crippen LogP contribution in [-0.4, -0.2) is 13.4 Å². The Morgan fingerprint density at radius 3 is 2.65 bits per heavy atom. The number of nitrogens with zero attached hydrogens (tertiary/aromatic N) is 1. The van der Waals surface area contributed by atoms with E-state index in [0.29, 0.717) is 20.7 Å². The van der Waals surface area contributed by atoms with Crippen molar-refractivity contribution in [2.45, 2.75) is 11.8 Å². The van der Waals surface area contributed by atoms with Crippen molar-refractivity contribution in [2.75, 3.05) is 10.5 Å². The number of sulfonamides is 1. The fraction of sp³-hybridized carbons (Fsp3) is 0.0833. The molecule has 0 bridgehead atoms. The van der Waals surface area contributed by atoms with Gasteiger partial charge < -0.3 is 5.73 Å². The Labute approximate surface area is 130 Å². The van der Waals surface area contributed by atoms with Crippen LogP contribution >= 0.6 is 27.5 Å². The van der Waals surface area contributed by atoms with Crippen LogP contribution < -0.4 is 10.5 Å². The first-order valence-electron chi connectivity index (χ1n) is 5.49. The van der Waals surface area contributed by atoms with Crippen LogP contribution in [0.5, 0.6) is 0 Å². The van der Waals surface area contributed by atoms with Gasteiger partial charge in [0, 0.05) is 16.4 Å². The summed E-state index contributed by atoms with van der Waals surface area (Å²) in [5, 5.41) is 0.427. The van der Waals surface area contributed by atoms with E-state index in [2.05, 4.69) is 25.6 Å². The molecule has 0 atom stereocenters. The lowest BCUT2D eigenvalue weighted by atomic mass is 10.2. The number of pyridine rings is 1. The summed E-state index contributed by atoms with van der Waals surface area (Å²) in [6, 6.07) is 6.17. The standard InChI is InChI=1S/C12H11BrClN3O2S/c1-7-10(15)4-8(13)5-11(7)20(18,19)17-12-3-2-9(14)6-16-12/h2-6H,15H2,1H3,(H,16,17). The van der Waals surface area contributed by atoms with Gasteiger partial charge in [0.05, 0.1) is 9.92 Å². The molecule has 2 aromatic rings. The average molecular weight is 377 g/mol. The Morgan fingerprint density at radius 1 is 1.35 bits per heavy atom. The molecule has 1 aromatic heterocycles. The first-order chi connectivity index (χ1) is 9.29. The van der Waals surface area contributed by atoms with Crippen molar-refractivity contribution in [3.8, 4) is 0 Å². The van der Waals surface area contributed by atoms with Crippen LogP contribution in [0.2, 0.25) is 5.02 Å². The molecule has 0 aliphatic rings. The fourth-order valence-corrected chi connectivity index (χ4v) is 3.63. The molecule has 0 amide bonds. The minimum atomic E-state index is -3.77. The molecule has 8 heteroatoms. The van der Waals surface area contributed by atoms with Crippen molar-refractivity contribution in [2.24, 2.45) is 0 Å². The molecule has 0 fully saturated rings. The number of hydrogen-bond donors (Lipinski definition) is 2. The average Bonchev–Trinajstić information content (AvgIpc) is 2.36. The molecule has 0 unspecified atom stereocenters. The van der Waals surface area contributed by atoms with Gasteiger partial charge in [-0.1, -0.05) is 27.5 Å². The summed E-state index contributed by atoms with van der Waals surface area (Å²) >= 11 is 8.93. The van der Waals surface area contributed by atoms with E-state index in [1.807, 2.05) is 0 Å². The van der Waals surface area contributed by atoms with Crippen molar-refractivity contribution in [1.29, 1.82) is 0 Å². The van der Waals surface area contributed by atoms with Gasteiger partial charge in [0.2, 0.25) is 0 Å². The highest BCUT2D eigenvalue weighted by Gasteiger charge is 2.19. The van der Waals surface area contributed by atoms with Crippen molar-refractivity contribution >= 4 is 49.1 Å². The van der Waals surface area contributed by atoms with Crippen LogP contribution in [0.25, 0.3) is 0 Å². The lowest BCUT2D eigenvalue weighted by Crippen LogP contribution is -2.15. The topological polar surface area (TPSA) is 85.1 Å². The normalized spacial score (nSPS) is 11.3. The number of halogens is 2. The first kappa shape index (κ1) is 15.1. The number of anilines is 2. The fourth-order valence-electron chi connectivity index (χ4n) is 1.58. The first-order valence-corrected chi connectivity index (χ1v) is 8.15. The van der Waals surface area contributed by atoms with Crippen LogP contribution in [0.1, 0.15) is 5.56 Å². The Balaban J connectivity index is 2.43. The molecule has 1 aromatic carbocycles. The van der Waals surface area contributed by atoms with Gasteiger partial charge in [-0.3, -0.25) is 4.72 Å². The molecule has 0 spiro atoms. The van der Waals surface area contributed by atoms with Gasteiger partial charge in [-0.2, -0.15) is 0 Å². The summed E-state index contributed by atoms with van der Waals surface area (Å²) in [7, 11) is -3.77. The third-order valence-corrected chi connectivity index (χ3v) is 4.78. The highest BCUT2D eigenvalue weighted by molar-refractivity contribution is 9.10. The molecule has 5 nitrogen and oxygen atoms in total. The molecule has 0 aliphatic carbocycles. The second-order valence-electron chi connectivity index (χ2n) is 4.09. The molecule has 0 aliphatic heterocycles. The van der Waals surface area contributed by atoms with Gasteiger partial charge in [-0.25, -0.2) is 13.4 Å². The molecule has 2 rings (SSSR count). The maximum absolute atomic E-state index is 12.4. The zero-order valence-corrected chi connectivity index (χ0v) is 13.6. The largest absolute Gasteiger partial charge is 0.398 e. The number of hydrogen-bond acceptors (Lipinski definition) is 4. The van der Waals surface area contributed by atoms with E-state index in [-0.39, 0.29) is 10.7 Å². The molecule has 106 valence electrons. The highest BCUT2D eigenvalue weighted by Crippen LogP contribution is 2.27. The lowest BCUT2D eigenvalue weighted by molar-refractivity contribution is 0.600. The summed E-state index contributed by atoms with van der Waals surface area (Å²) in [4.78, 5) is 4.00. The predicted molar refractivity (Wildman–Crippen MR) is 83.3 cm³/mol. The number of nitrogen functional groups attached to an aromatic ring is 1. The second kappa shape index (κ2) is 5.59. The Morgan fingerprint density at radius 2 is 2.05 bits per heavy atom. The van der Waals surface area contributed by atoms with Crippen LogP contribution in [0.4, 0.5) is 11.5 Å². The van der Waals surface area contributed by atoms with Crippen LogP contribution in [-0.2, 0) is 10.0 Å². The SMILES string of the molecule is Cc1c(N)cc(Br)cc1S(=O)(=O)Nc1ccc(Cl)cn1. The van der Waals surface area contributed by atoms with E-state index in [9.17, 15) is 8.42 Å².